The Balaban J connectivity index is 4.36. The number of carbonyl (C=O) groups excluding carboxylic acids is 2. The lowest BCUT2D eigenvalue weighted by Crippen LogP contribution is -2.30. The second-order valence-electron chi connectivity index (χ2n) is 13.8. The van der Waals surface area contributed by atoms with Gasteiger partial charge in [0.15, 0.2) is 6.10 Å². The molecule has 1 unspecified atom stereocenters. The van der Waals surface area contributed by atoms with E-state index >= 15 is 0 Å². The molecule has 5 heteroatoms. The molecule has 0 N–H and O–H groups in total. The van der Waals surface area contributed by atoms with E-state index in [1.165, 1.54) is 38.5 Å². The molecule has 0 radical (unpaired) electrons. The maximum absolute atomic E-state index is 12.6. The lowest BCUT2D eigenvalue weighted by Gasteiger charge is -2.18. The number of unbranched alkanes of at least 4 members (excludes halogenated alkanes) is 11. The predicted octanol–water partition coefficient (Wildman–Crippen LogP) is 14.3. The van der Waals surface area contributed by atoms with Crippen LogP contribution in [0.25, 0.3) is 0 Å². The molecule has 5 nitrogen and oxygen atoms in total. The topological polar surface area (TPSA) is 61.8 Å². The summed E-state index contributed by atoms with van der Waals surface area (Å²) in [6.07, 6.45) is 58.5. The lowest BCUT2D eigenvalue weighted by atomic mass is 10.1. The number of ether oxygens (including phenoxy) is 3. The van der Waals surface area contributed by atoms with Gasteiger partial charge in [0.2, 0.25) is 0 Å². The molecule has 0 fully saturated rings. The van der Waals surface area contributed by atoms with Gasteiger partial charge in [-0.25, -0.2) is 0 Å². The minimum absolute atomic E-state index is 0.0395. The summed E-state index contributed by atoms with van der Waals surface area (Å²) >= 11 is 0. The van der Waals surface area contributed by atoms with Gasteiger partial charge in [-0.1, -0.05) is 176 Å². The molecule has 0 spiro atoms. The van der Waals surface area contributed by atoms with Crippen LogP contribution in [0.3, 0.4) is 0 Å². The van der Waals surface area contributed by atoms with E-state index in [1.807, 2.05) is 6.08 Å². The third-order valence-electron chi connectivity index (χ3n) is 8.63. The lowest BCUT2D eigenvalue weighted by molar-refractivity contribution is -0.162. The zero-order chi connectivity index (χ0) is 39.3. The largest absolute Gasteiger partial charge is 0.462 e. The van der Waals surface area contributed by atoms with Crippen LogP contribution in [0.5, 0.6) is 0 Å². The summed E-state index contributed by atoms with van der Waals surface area (Å²) in [6, 6.07) is 0. The monoisotopic (exact) mass is 749 g/mol. The summed E-state index contributed by atoms with van der Waals surface area (Å²) < 4.78 is 17.1. The molecule has 0 aliphatic rings. The fourth-order valence-corrected chi connectivity index (χ4v) is 5.45. The van der Waals surface area contributed by atoms with Crippen LogP contribution in [-0.4, -0.2) is 37.9 Å². The fraction of sp³-hybridized carbons (Fsp3) is 0.633. The van der Waals surface area contributed by atoms with Gasteiger partial charge in [-0.05, 0) is 83.5 Å². The Bertz CT molecular complexity index is 1070. The molecule has 0 bridgehead atoms. The SMILES string of the molecule is CC/C=C\C/C=C\C/C=C\C/C=C\CCCCCCC(=O)OCC(COCCCCCCCCCC)OC(=O)CC/C=C\C/C=C\C/C=C\C/C=C\CC. The van der Waals surface area contributed by atoms with Gasteiger partial charge in [0, 0.05) is 19.4 Å². The van der Waals surface area contributed by atoms with Crippen molar-refractivity contribution in [3.05, 3.63) is 97.2 Å². The Hall–Kier alpha value is -3.18. The third-order valence-corrected chi connectivity index (χ3v) is 8.63. The summed E-state index contributed by atoms with van der Waals surface area (Å²) in [5.41, 5.74) is 0. The Morgan fingerprint density at radius 2 is 0.870 bits per heavy atom. The highest BCUT2D eigenvalue weighted by Crippen LogP contribution is 2.11. The molecule has 0 amide bonds. The summed E-state index contributed by atoms with van der Waals surface area (Å²) in [5.74, 6) is -0.527. The first-order valence-corrected chi connectivity index (χ1v) is 21.8. The van der Waals surface area contributed by atoms with Gasteiger partial charge in [-0.3, -0.25) is 9.59 Å². The van der Waals surface area contributed by atoms with E-state index in [0.29, 0.717) is 19.4 Å². The number of hydrogen-bond acceptors (Lipinski definition) is 5. The van der Waals surface area contributed by atoms with Crippen LogP contribution in [-0.2, 0) is 23.8 Å². The molecule has 0 aromatic rings. The van der Waals surface area contributed by atoms with Crippen LogP contribution in [0.1, 0.15) is 175 Å². The fourth-order valence-electron chi connectivity index (χ4n) is 5.45. The summed E-state index contributed by atoms with van der Waals surface area (Å²) in [5, 5.41) is 0. The first kappa shape index (κ1) is 50.8. The van der Waals surface area contributed by atoms with Crippen molar-refractivity contribution in [2.75, 3.05) is 19.8 Å². The highest BCUT2D eigenvalue weighted by molar-refractivity contribution is 5.70. The van der Waals surface area contributed by atoms with Crippen molar-refractivity contribution in [2.24, 2.45) is 0 Å². The molecule has 0 heterocycles. The van der Waals surface area contributed by atoms with Crippen molar-refractivity contribution < 1.29 is 23.8 Å². The number of hydrogen-bond donors (Lipinski definition) is 0. The highest BCUT2D eigenvalue weighted by atomic mass is 16.6. The molecule has 306 valence electrons. The molecule has 1 atom stereocenters. The Kier molecular flexibility index (Phi) is 41.6. The maximum atomic E-state index is 12.6. The quantitative estimate of drug-likeness (QED) is 0.0357. The van der Waals surface area contributed by atoms with E-state index in [9.17, 15) is 9.59 Å². The number of allylic oxidation sites excluding steroid dienone is 16. The first-order valence-electron chi connectivity index (χ1n) is 21.8. The zero-order valence-corrected chi connectivity index (χ0v) is 34.9. The molecule has 0 aromatic heterocycles. The van der Waals surface area contributed by atoms with Crippen LogP contribution in [0.4, 0.5) is 0 Å². The Morgan fingerprint density at radius 3 is 1.41 bits per heavy atom. The average molecular weight is 749 g/mol. The van der Waals surface area contributed by atoms with Gasteiger partial charge in [0.05, 0.1) is 6.61 Å². The first-order chi connectivity index (χ1) is 26.6. The molecule has 0 aliphatic heterocycles. The van der Waals surface area contributed by atoms with Gasteiger partial charge >= 0.3 is 11.9 Å². The van der Waals surface area contributed by atoms with Crippen molar-refractivity contribution in [1.29, 1.82) is 0 Å². The van der Waals surface area contributed by atoms with Crippen LogP contribution >= 0.6 is 0 Å². The second-order valence-corrected chi connectivity index (χ2v) is 13.8. The van der Waals surface area contributed by atoms with E-state index in [2.05, 4.69) is 112 Å². The number of carbonyl (C=O) groups is 2. The molecular formula is C49H80O5. The van der Waals surface area contributed by atoms with Gasteiger partial charge < -0.3 is 14.2 Å². The van der Waals surface area contributed by atoms with Crippen LogP contribution in [0.15, 0.2) is 97.2 Å². The van der Waals surface area contributed by atoms with Crippen LogP contribution in [0.2, 0.25) is 0 Å². The molecule has 54 heavy (non-hydrogen) atoms. The average Bonchev–Trinajstić information content (AvgIpc) is 3.17. The van der Waals surface area contributed by atoms with Crippen molar-refractivity contribution in [2.45, 2.75) is 181 Å². The predicted molar refractivity (Wildman–Crippen MR) is 233 cm³/mol. The standard InChI is InChI=1S/C49H80O5/c1-4-7-10-13-16-19-21-23-24-25-26-28-29-31-33-36-39-42-48(50)53-46-47(45-52-44-41-38-35-18-15-12-9-6-3)54-49(51)43-40-37-34-32-30-27-22-20-17-14-11-8-5-2/h7-8,10-11,16-17,19-20,23-24,26-28,30,34,37,47H,4-6,9,12-15,18,21-22,25,29,31-33,35-36,38-46H2,1-3H3/b10-7-,11-8-,19-16-,20-17-,24-23-,28-26-,30-27-,37-34-. The van der Waals surface area contributed by atoms with Gasteiger partial charge in [-0.2, -0.15) is 0 Å². The molecule has 0 aromatic carbocycles. The minimum Gasteiger partial charge on any atom is -0.462 e. The maximum Gasteiger partial charge on any atom is 0.306 e. The van der Waals surface area contributed by atoms with E-state index in [1.54, 1.807) is 0 Å². The summed E-state index contributed by atoms with van der Waals surface area (Å²) in [6.45, 7) is 7.45. The highest BCUT2D eigenvalue weighted by Gasteiger charge is 2.17. The third kappa shape index (κ3) is 41.6. The summed E-state index contributed by atoms with van der Waals surface area (Å²) in [4.78, 5) is 25.1. The van der Waals surface area contributed by atoms with Gasteiger partial charge in [0.1, 0.15) is 6.61 Å². The normalized spacial score (nSPS) is 13.2. The van der Waals surface area contributed by atoms with Crippen molar-refractivity contribution in [3.8, 4) is 0 Å². The zero-order valence-electron chi connectivity index (χ0n) is 34.9. The van der Waals surface area contributed by atoms with Crippen LogP contribution < -0.4 is 0 Å². The van der Waals surface area contributed by atoms with Crippen molar-refractivity contribution in [1.82, 2.24) is 0 Å². The number of rotatable bonds is 38. The van der Waals surface area contributed by atoms with Crippen molar-refractivity contribution in [3.63, 3.8) is 0 Å². The molecular weight excluding hydrogens is 669 g/mol. The molecule has 0 saturated heterocycles. The van der Waals surface area contributed by atoms with E-state index in [4.69, 9.17) is 14.2 Å². The van der Waals surface area contributed by atoms with Crippen molar-refractivity contribution >= 4 is 11.9 Å². The summed E-state index contributed by atoms with van der Waals surface area (Å²) in [7, 11) is 0. The number of esters is 2. The molecule has 0 aliphatic carbocycles. The Morgan fingerprint density at radius 1 is 0.426 bits per heavy atom. The Labute approximate surface area is 332 Å². The van der Waals surface area contributed by atoms with E-state index in [0.717, 1.165) is 96.3 Å². The van der Waals surface area contributed by atoms with Crippen LogP contribution in [0, 0.1) is 0 Å². The van der Waals surface area contributed by atoms with E-state index in [-0.39, 0.29) is 31.6 Å². The van der Waals surface area contributed by atoms with Gasteiger partial charge in [-0.15, -0.1) is 0 Å². The molecule has 0 saturated carbocycles. The smallest absolute Gasteiger partial charge is 0.306 e. The minimum atomic E-state index is -0.584. The second kappa shape index (κ2) is 44.2. The van der Waals surface area contributed by atoms with E-state index < -0.39 is 6.10 Å². The molecule has 0 rings (SSSR count). The van der Waals surface area contributed by atoms with Gasteiger partial charge in [0.25, 0.3) is 0 Å².